The largest absolute Gasteiger partial charge is 0.314 e. The molecule has 0 radical (unpaired) electrons. The van der Waals surface area contributed by atoms with Gasteiger partial charge in [-0.1, -0.05) is 32.4 Å². The summed E-state index contributed by atoms with van der Waals surface area (Å²) in [5.74, 6) is 0. The molecule has 0 aliphatic carbocycles. The first-order valence-corrected chi connectivity index (χ1v) is 8.90. The van der Waals surface area contributed by atoms with E-state index in [1.54, 1.807) is 12.1 Å². The number of sulfone groups is 1. The first kappa shape index (κ1) is 17.6. The third-order valence-electron chi connectivity index (χ3n) is 3.26. The van der Waals surface area contributed by atoms with Crippen molar-refractivity contribution in [2.24, 2.45) is 0 Å². The van der Waals surface area contributed by atoms with Crippen LogP contribution < -0.4 is 5.32 Å². The second-order valence-electron chi connectivity index (χ2n) is 5.04. The molecule has 1 rings (SSSR count). The van der Waals surface area contributed by atoms with Gasteiger partial charge in [0.15, 0.2) is 9.84 Å². The van der Waals surface area contributed by atoms with Crippen LogP contribution in [0.1, 0.15) is 32.3 Å². The molecular weight excluding hydrogens is 292 g/mol. The van der Waals surface area contributed by atoms with Gasteiger partial charge in [-0.15, -0.1) is 0 Å². The monoisotopic (exact) mass is 314 g/mol. The van der Waals surface area contributed by atoms with E-state index in [2.05, 4.69) is 5.32 Å². The van der Waals surface area contributed by atoms with Crippen LogP contribution >= 0.6 is 0 Å². The molecule has 1 atom stereocenters. The summed E-state index contributed by atoms with van der Waals surface area (Å²) < 4.78 is 23.5. The lowest BCUT2D eigenvalue weighted by molar-refractivity contribution is -0.388. The number of nitrogens with zero attached hydrogens (tertiary/aromatic N) is 1. The molecule has 1 aromatic rings. The molecule has 7 heteroatoms. The molecule has 0 aromatic heterocycles. The minimum atomic E-state index is -3.62. The molecule has 0 saturated heterocycles. The van der Waals surface area contributed by atoms with Gasteiger partial charge in [0.2, 0.25) is 0 Å². The smallest absolute Gasteiger partial charge is 0.291 e. The molecule has 6 nitrogen and oxygen atoms in total. The second kappa shape index (κ2) is 7.51. The van der Waals surface area contributed by atoms with Crippen LogP contribution in [0.4, 0.5) is 5.69 Å². The quantitative estimate of drug-likeness (QED) is 0.587. The predicted molar refractivity (Wildman–Crippen MR) is 82.3 cm³/mol. The minimum absolute atomic E-state index is 0.105. The van der Waals surface area contributed by atoms with E-state index in [0.717, 1.165) is 25.6 Å². The van der Waals surface area contributed by atoms with Crippen LogP contribution in [0.5, 0.6) is 0 Å². The third-order valence-corrected chi connectivity index (χ3v) is 4.39. The maximum Gasteiger partial charge on any atom is 0.291 e. The first-order valence-electron chi connectivity index (χ1n) is 7.00. The molecule has 0 amide bonds. The number of rotatable bonds is 8. The van der Waals surface area contributed by atoms with Crippen LogP contribution in [0.2, 0.25) is 0 Å². The van der Waals surface area contributed by atoms with Crippen molar-refractivity contribution >= 4 is 15.5 Å². The number of benzene rings is 1. The zero-order chi connectivity index (χ0) is 16.0. The van der Waals surface area contributed by atoms with Crippen molar-refractivity contribution in [1.29, 1.82) is 0 Å². The number of hydrogen-bond donors (Lipinski definition) is 1. The van der Waals surface area contributed by atoms with E-state index in [1.165, 1.54) is 6.07 Å². The average molecular weight is 314 g/mol. The van der Waals surface area contributed by atoms with Crippen molar-refractivity contribution in [2.75, 3.05) is 12.8 Å². The number of nitrogens with one attached hydrogen (secondary N) is 1. The van der Waals surface area contributed by atoms with Gasteiger partial charge in [-0.05, 0) is 25.5 Å². The fourth-order valence-corrected chi connectivity index (χ4v) is 3.30. The molecule has 0 saturated carbocycles. The Morgan fingerprint density at radius 3 is 2.48 bits per heavy atom. The third kappa shape index (κ3) is 4.78. The molecule has 0 heterocycles. The van der Waals surface area contributed by atoms with Crippen molar-refractivity contribution in [2.45, 2.75) is 44.0 Å². The molecule has 0 fully saturated rings. The number of likely N-dealkylation sites (N-methyl/N-ethyl adjacent to an activating group) is 1. The van der Waals surface area contributed by atoms with Crippen LogP contribution in [0.3, 0.4) is 0 Å². The molecular formula is C14H22N2O4S. The number of hydrogen-bond acceptors (Lipinski definition) is 5. The van der Waals surface area contributed by atoms with Crippen molar-refractivity contribution in [1.82, 2.24) is 5.32 Å². The zero-order valence-electron chi connectivity index (χ0n) is 12.6. The lowest BCUT2D eigenvalue weighted by Gasteiger charge is -2.17. The van der Waals surface area contributed by atoms with Gasteiger partial charge >= 0.3 is 0 Å². The summed E-state index contributed by atoms with van der Waals surface area (Å²) in [6.45, 7) is 4.79. The van der Waals surface area contributed by atoms with Crippen LogP contribution in [0.25, 0.3) is 0 Å². The fourth-order valence-electron chi connectivity index (χ4n) is 2.42. The lowest BCUT2D eigenvalue weighted by Crippen LogP contribution is -2.31. The maximum absolute atomic E-state index is 11.7. The Bertz CT molecular complexity index is 593. The van der Waals surface area contributed by atoms with Gasteiger partial charge < -0.3 is 5.32 Å². The summed E-state index contributed by atoms with van der Waals surface area (Å²) in [4.78, 5) is 10.5. The zero-order valence-corrected chi connectivity index (χ0v) is 13.4. The highest BCUT2D eigenvalue weighted by Gasteiger charge is 2.26. The average Bonchev–Trinajstić information content (AvgIpc) is 2.37. The Morgan fingerprint density at radius 1 is 1.33 bits per heavy atom. The van der Waals surface area contributed by atoms with Gasteiger partial charge in [-0.2, -0.15) is 0 Å². The van der Waals surface area contributed by atoms with Gasteiger partial charge in [0.05, 0.1) is 4.92 Å². The minimum Gasteiger partial charge on any atom is -0.314 e. The Morgan fingerprint density at radius 2 is 2.00 bits per heavy atom. The van der Waals surface area contributed by atoms with Gasteiger partial charge in [0.1, 0.15) is 4.90 Å². The fraction of sp³-hybridized carbons (Fsp3) is 0.571. The normalized spacial score (nSPS) is 13.1. The van der Waals surface area contributed by atoms with E-state index in [9.17, 15) is 18.5 Å². The van der Waals surface area contributed by atoms with E-state index in [1.807, 2.05) is 13.8 Å². The van der Waals surface area contributed by atoms with E-state index >= 15 is 0 Å². The van der Waals surface area contributed by atoms with Crippen molar-refractivity contribution in [3.63, 3.8) is 0 Å². The maximum atomic E-state index is 11.7. The van der Waals surface area contributed by atoms with Crippen LogP contribution in [-0.2, 0) is 16.3 Å². The number of nitro groups is 1. The molecule has 0 aliphatic rings. The summed E-state index contributed by atoms with van der Waals surface area (Å²) in [5.41, 5.74) is 0.168. The summed E-state index contributed by atoms with van der Waals surface area (Å²) >= 11 is 0. The topological polar surface area (TPSA) is 89.3 Å². The Kier molecular flexibility index (Phi) is 6.29. The molecule has 0 aliphatic heterocycles. The summed E-state index contributed by atoms with van der Waals surface area (Å²) in [7, 11) is -3.62. The highest BCUT2D eigenvalue weighted by atomic mass is 32.2. The molecule has 1 N–H and O–H groups in total. The van der Waals surface area contributed by atoms with Crippen molar-refractivity contribution in [3.8, 4) is 0 Å². The molecule has 1 aromatic carbocycles. The van der Waals surface area contributed by atoms with E-state index < -0.39 is 14.8 Å². The lowest BCUT2D eigenvalue weighted by atomic mass is 10.0. The van der Waals surface area contributed by atoms with E-state index in [0.29, 0.717) is 12.0 Å². The molecule has 21 heavy (non-hydrogen) atoms. The Hall–Kier alpha value is -1.47. The van der Waals surface area contributed by atoms with Crippen LogP contribution in [0.15, 0.2) is 23.1 Å². The molecule has 0 spiro atoms. The van der Waals surface area contributed by atoms with Gasteiger partial charge in [0.25, 0.3) is 5.69 Å². The standard InChI is InChI=1S/C14H22N2O4S/c1-4-7-12(15-5-2)10-11-8-6-9-13(21(3,19)20)14(11)16(17)18/h6,8-9,12,15H,4-5,7,10H2,1-3H3. The van der Waals surface area contributed by atoms with E-state index in [-0.39, 0.29) is 16.6 Å². The van der Waals surface area contributed by atoms with Crippen LogP contribution in [-0.4, -0.2) is 32.2 Å². The Balaban J connectivity index is 3.26. The summed E-state index contributed by atoms with van der Waals surface area (Å²) in [6, 6.07) is 4.59. The molecule has 0 bridgehead atoms. The molecule has 118 valence electrons. The van der Waals surface area contributed by atoms with E-state index in [4.69, 9.17) is 0 Å². The summed E-state index contributed by atoms with van der Waals surface area (Å²) in [6.07, 6.45) is 3.28. The van der Waals surface area contributed by atoms with Gasteiger partial charge in [0, 0.05) is 17.9 Å². The van der Waals surface area contributed by atoms with Crippen molar-refractivity contribution in [3.05, 3.63) is 33.9 Å². The number of para-hydroxylation sites is 1. The summed E-state index contributed by atoms with van der Waals surface area (Å²) in [5, 5.41) is 14.6. The van der Waals surface area contributed by atoms with Gasteiger partial charge in [-0.3, -0.25) is 10.1 Å². The SMILES string of the molecule is CCCC(Cc1cccc(S(C)(=O)=O)c1[N+](=O)[O-])NCC. The van der Waals surface area contributed by atoms with Crippen LogP contribution in [0, 0.1) is 10.1 Å². The molecule has 1 unspecified atom stereocenters. The highest BCUT2D eigenvalue weighted by molar-refractivity contribution is 7.90. The predicted octanol–water partition coefficient (Wildman–Crippen LogP) is 2.32. The van der Waals surface area contributed by atoms with Gasteiger partial charge in [-0.25, -0.2) is 8.42 Å². The number of nitro benzene ring substituents is 1. The Labute approximate surface area is 125 Å². The van der Waals surface area contributed by atoms with Crippen molar-refractivity contribution < 1.29 is 13.3 Å². The second-order valence-corrected chi connectivity index (χ2v) is 7.02. The first-order chi connectivity index (χ1) is 9.81. The highest BCUT2D eigenvalue weighted by Crippen LogP contribution is 2.29.